The van der Waals surface area contributed by atoms with Crippen molar-refractivity contribution >= 4 is 25.9 Å². The predicted molar refractivity (Wildman–Crippen MR) is 87.8 cm³/mol. The number of nitrogens with two attached hydrogens (primary N) is 1. The molecule has 2 aliphatic rings. The second kappa shape index (κ2) is 7.26. The fourth-order valence-electron chi connectivity index (χ4n) is 2.48. The van der Waals surface area contributed by atoms with Crippen LogP contribution in [-0.2, 0) is 9.59 Å². The maximum absolute atomic E-state index is 12.2. The minimum absolute atomic E-state index is 0.0131. The van der Waals surface area contributed by atoms with E-state index in [1.165, 1.54) is 10.6 Å². The van der Waals surface area contributed by atoms with Gasteiger partial charge in [-0.1, -0.05) is 6.92 Å². The Morgan fingerprint density at radius 3 is 3.05 bits per heavy atom. The van der Waals surface area contributed by atoms with Gasteiger partial charge < -0.3 is 11.1 Å². The van der Waals surface area contributed by atoms with Crippen LogP contribution in [0.25, 0.3) is 0 Å². The maximum Gasteiger partial charge on any atom is 0.256 e. The van der Waals surface area contributed by atoms with Crippen LogP contribution in [0.15, 0.2) is 27.8 Å². The fourth-order valence-corrected chi connectivity index (χ4v) is 2.48. The highest BCUT2D eigenvalue weighted by atomic mass is 16.2. The molecule has 0 aromatic heterocycles. The number of nitrogens with zero attached hydrogens (tertiary/aromatic N) is 2. The molecule has 2 heterocycles. The van der Waals surface area contributed by atoms with Crippen LogP contribution in [0.5, 0.6) is 0 Å². The van der Waals surface area contributed by atoms with E-state index in [0.29, 0.717) is 17.7 Å². The zero-order chi connectivity index (χ0) is 16.1. The first-order chi connectivity index (χ1) is 10.5. The van der Waals surface area contributed by atoms with Crippen molar-refractivity contribution in [2.75, 3.05) is 19.6 Å². The SMILES string of the molecule is BC1=C(N)CNN(CC(=O)NC(CC)C2=CC=NCC2)C1=O. The van der Waals surface area contributed by atoms with Crippen molar-refractivity contribution < 1.29 is 9.59 Å². The van der Waals surface area contributed by atoms with Crippen LogP contribution in [-0.4, -0.2) is 56.6 Å². The minimum atomic E-state index is -0.254. The lowest BCUT2D eigenvalue weighted by Crippen LogP contribution is -2.54. The monoisotopic (exact) mass is 303 g/mol. The van der Waals surface area contributed by atoms with Crippen molar-refractivity contribution in [2.45, 2.75) is 25.8 Å². The van der Waals surface area contributed by atoms with Crippen molar-refractivity contribution in [3.8, 4) is 0 Å². The van der Waals surface area contributed by atoms with E-state index in [2.05, 4.69) is 15.7 Å². The number of nitrogens with one attached hydrogen (secondary N) is 2. The molecule has 0 saturated heterocycles. The second-order valence-electron chi connectivity index (χ2n) is 5.45. The number of hydrazine groups is 1. The molecule has 2 rings (SSSR count). The van der Waals surface area contributed by atoms with Crippen molar-refractivity contribution in [1.82, 2.24) is 15.8 Å². The van der Waals surface area contributed by atoms with E-state index in [1.807, 2.05) is 13.0 Å². The van der Waals surface area contributed by atoms with E-state index < -0.39 is 0 Å². The molecular formula is C14H22BN5O2. The third kappa shape index (κ3) is 3.76. The number of amides is 2. The molecule has 2 amide bonds. The third-order valence-electron chi connectivity index (χ3n) is 3.92. The summed E-state index contributed by atoms with van der Waals surface area (Å²) in [5, 5.41) is 4.29. The van der Waals surface area contributed by atoms with Crippen molar-refractivity contribution in [3.05, 3.63) is 22.8 Å². The van der Waals surface area contributed by atoms with Gasteiger partial charge in [0.1, 0.15) is 14.4 Å². The topological polar surface area (TPSA) is 99.8 Å². The summed E-state index contributed by atoms with van der Waals surface area (Å²) in [5.41, 5.74) is 10.7. The molecule has 0 saturated carbocycles. The van der Waals surface area contributed by atoms with Gasteiger partial charge in [-0.25, -0.2) is 5.43 Å². The molecule has 0 bridgehead atoms. The molecule has 118 valence electrons. The van der Waals surface area contributed by atoms with Gasteiger partial charge in [-0.15, -0.1) is 0 Å². The van der Waals surface area contributed by atoms with E-state index in [1.54, 1.807) is 14.1 Å². The fraction of sp³-hybridized carbons (Fsp3) is 0.500. The van der Waals surface area contributed by atoms with Gasteiger partial charge >= 0.3 is 0 Å². The first-order valence-corrected chi connectivity index (χ1v) is 7.51. The van der Waals surface area contributed by atoms with Crippen LogP contribution >= 0.6 is 0 Å². The number of aliphatic imine (C=N–C) groups is 1. The molecule has 0 aromatic carbocycles. The summed E-state index contributed by atoms with van der Waals surface area (Å²) in [6.07, 6.45) is 5.39. The second-order valence-corrected chi connectivity index (χ2v) is 5.45. The number of dihydropyridines is 1. The standard InChI is InChI=1S/C14H22BN5O2/c1-2-11(9-3-5-17-6-4-9)19-12(21)8-20-14(22)13(15)10(16)7-18-20/h3,5,11,18H,2,4,6-8,15-16H2,1H3,(H,19,21). The summed E-state index contributed by atoms with van der Waals surface area (Å²) in [4.78, 5) is 28.4. The molecule has 2 aliphatic heterocycles. The normalized spacial score (nSPS) is 20.0. The van der Waals surface area contributed by atoms with Crippen molar-refractivity contribution in [2.24, 2.45) is 10.7 Å². The lowest BCUT2D eigenvalue weighted by atomic mass is 9.91. The average Bonchev–Trinajstić information content (AvgIpc) is 2.54. The number of carbonyl (C=O) groups is 2. The highest BCUT2D eigenvalue weighted by molar-refractivity contribution is 6.37. The zero-order valence-electron chi connectivity index (χ0n) is 13.1. The third-order valence-corrected chi connectivity index (χ3v) is 3.92. The van der Waals surface area contributed by atoms with E-state index in [4.69, 9.17) is 5.73 Å². The largest absolute Gasteiger partial charge is 0.401 e. The molecule has 0 radical (unpaired) electrons. The molecule has 1 unspecified atom stereocenters. The average molecular weight is 303 g/mol. The molecule has 8 heteroatoms. The van der Waals surface area contributed by atoms with Crippen molar-refractivity contribution in [1.29, 1.82) is 0 Å². The molecular weight excluding hydrogens is 281 g/mol. The van der Waals surface area contributed by atoms with Gasteiger partial charge in [-0.05, 0) is 30.0 Å². The van der Waals surface area contributed by atoms with Crippen LogP contribution in [0.4, 0.5) is 0 Å². The Hall–Kier alpha value is -2.09. The molecule has 0 fully saturated rings. The summed E-state index contributed by atoms with van der Waals surface area (Å²) in [6, 6.07) is -0.0131. The van der Waals surface area contributed by atoms with Gasteiger partial charge in [0.25, 0.3) is 5.91 Å². The van der Waals surface area contributed by atoms with Gasteiger partial charge in [0.15, 0.2) is 0 Å². The molecule has 1 atom stereocenters. The van der Waals surface area contributed by atoms with E-state index in [9.17, 15) is 9.59 Å². The first-order valence-electron chi connectivity index (χ1n) is 7.51. The van der Waals surface area contributed by atoms with Crippen LogP contribution in [0.2, 0.25) is 0 Å². The number of allylic oxidation sites excluding steroid dienone is 1. The van der Waals surface area contributed by atoms with E-state index in [0.717, 1.165) is 19.4 Å². The van der Waals surface area contributed by atoms with E-state index >= 15 is 0 Å². The maximum atomic E-state index is 12.2. The summed E-state index contributed by atoms with van der Waals surface area (Å²) in [5.74, 6) is -0.444. The van der Waals surface area contributed by atoms with Crippen LogP contribution in [0.1, 0.15) is 19.8 Å². The predicted octanol–water partition coefficient (Wildman–Crippen LogP) is -1.57. The number of carbonyl (C=O) groups excluding carboxylic acids is 2. The Labute approximate surface area is 131 Å². The quantitative estimate of drug-likeness (QED) is 0.534. The van der Waals surface area contributed by atoms with Crippen LogP contribution < -0.4 is 16.5 Å². The van der Waals surface area contributed by atoms with Crippen LogP contribution in [0.3, 0.4) is 0 Å². The lowest BCUT2D eigenvalue weighted by Gasteiger charge is -2.29. The van der Waals surface area contributed by atoms with Gasteiger partial charge in [0.2, 0.25) is 5.91 Å². The van der Waals surface area contributed by atoms with Gasteiger partial charge in [-0.3, -0.25) is 19.6 Å². The van der Waals surface area contributed by atoms with Crippen LogP contribution in [0, 0.1) is 0 Å². The highest BCUT2D eigenvalue weighted by Crippen LogP contribution is 2.13. The van der Waals surface area contributed by atoms with Gasteiger partial charge in [0.05, 0.1) is 12.6 Å². The van der Waals surface area contributed by atoms with Gasteiger partial charge in [0, 0.05) is 18.5 Å². The number of hydrogen-bond acceptors (Lipinski definition) is 5. The summed E-state index contributed by atoms with van der Waals surface area (Å²) in [6.45, 7) is 3.13. The lowest BCUT2D eigenvalue weighted by molar-refractivity contribution is -0.136. The first kappa shape index (κ1) is 16.3. The Balaban J connectivity index is 1.93. The molecule has 0 spiro atoms. The molecule has 7 nitrogen and oxygen atoms in total. The Morgan fingerprint density at radius 2 is 2.41 bits per heavy atom. The van der Waals surface area contributed by atoms with Crippen molar-refractivity contribution in [3.63, 3.8) is 0 Å². The zero-order valence-corrected chi connectivity index (χ0v) is 13.1. The molecule has 0 aliphatic carbocycles. The van der Waals surface area contributed by atoms with E-state index in [-0.39, 0.29) is 24.4 Å². The summed E-state index contributed by atoms with van der Waals surface area (Å²) in [7, 11) is 1.67. The summed E-state index contributed by atoms with van der Waals surface area (Å²) < 4.78 is 0. The van der Waals surface area contributed by atoms with Gasteiger partial charge in [-0.2, -0.15) is 0 Å². The smallest absolute Gasteiger partial charge is 0.256 e. The Morgan fingerprint density at radius 1 is 1.64 bits per heavy atom. The minimum Gasteiger partial charge on any atom is -0.401 e. The summed E-state index contributed by atoms with van der Waals surface area (Å²) >= 11 is 0. The number of rotatable bonds is 5. The number of hydrogen-bond donors (Lipinski definition) is 3. The molecule has 0 aromatic rings. The molecule has 4 N–H and O–H groups in total. The Kier molecular flexibility index (Phi) is 5.38. The molecule has 22 heavy (non-hydrogen) atoms. The Bertz CT molecular complexity index is 555. The highest BCUT2D eigenvalue weighted by Gasteiger charge is 2.25.